The number of hydrogen-bond acceptors (Lipinski definition) is 3. The van der Waals surface area contributed by atoms with Crippen molar-refractivity contribution in [3.63, 3.8) is 0 Å². The summed E-state index contributed by atoms with van der Waals surface area (Å²) in [4.78, 5) is 24.2. The lowest BCUT2D eigenvalue weighted by Crippen LogP contribution is -2.41. The number of carboxylic acids is 1. The van der Waals surface area contributed by atoms with Crippen molar-refractivity contribution in [3.8, 4) is 5.75 Å². The topological polar surface area (TPSA) is 77.8 Å². The molecule has 5 heteroatoms. The van der Waals surface area contributed by atoms with Gasteiger partial charge in [0.15, 0.2) is 0 Å². The molecule has 0 saturated carbocycles. The van der Waals surface area contributed by atoms with E-state index in [1.54, 1.807) is 19.9 Å². The van der Waals surface area contributed by atoms with Crippen molar-refractivity contribution >= 4 is 11.9 Å². The van der Waals surface area contributed by atoms with Gasteiger partial charge in [0, 0.05) is 7.05 Å². The fourth-order valence-electron chi connectivity index (χ4n) is 1.77. The number of hydrogen-bond donors (Lipinski definition) is 2. The summed E-state index contributed by atoms with van der Waals surface area (Å²) in [6, 6.07) is 3.78. The lowest BCUT2D eigenvalue weighted by Gasteiger charge is -2.24. The van der Waals surface area contributed by atoms with Crippen LogP contribution >= 0.6 is 0 Å². The van der Waals surface area contributed by atoms with Crippen LogP contribution in [0.15, 0.2) is 18.2 Å². The molecule has 1 unspecified atom stereocenters. The zero-order valence-electron chi connectivity index (χ0n) is 10.7. The van der Waals surface area contributed by atoms with E-state index < -0.39 is 17.9 Å². The Morgan fingerprint density at radius 1 is 1.39 bits per heavy atom. The molecule has 0 bridgehead atoms. The first-order valence-electron chi connectivity index (χ1n) is 5.68. The van der Waals surface area contributed by atoms with Gasteiger partial charge >= 0.3 is 5.97 Å². The van der Waals surface area contributed by atoms with Gasteiger partial charge in [-0.1, -0.05) is 13.0 Å². The Balaban J connectivity index is 3.02. The maximum Gasteiger partial charge on any atom is 0.326 e. The highest BCUT2D eigenvalue weighted by Gasteiger charge is 2.26. The van der Waals surface area contributed by atoms with Gasteiger partial charge in [0.1, 0.15) is 11.8 Å². The molecule has 5 nitrogen and oxygen atoms in total. The van der Waals surface area contributed by atoms with Gasteiger partial charge in [-0.05, 0) is 31.0 Å². The highest BCUT2D eigenvalue weighted by Crippen LogP contribution is 2.21. The minimum absolute atomic E-state index is 0.114. The van der Waals surface area contributed by atoms with Crippen LogP contribution in [0.2, 0.25) is 0 Å². The van der Waals surface area contributed by atoms with Gasteiger partial charge in [-0.3, -0.25) is 4.79 Å². The van der Waals surface area contributed by atoms with Crippen molar-refractivity contribution in [2.75, 3.05) is 7.05 Å². The van der Waals surface area contributed by atoms with E-state index in [0.717, 1.165) is 10.5 Å². The maximum absolute atomic E-state index is 12.1. The zero-order valence-corrected chi connectivity index (χ0v) is 10.7. The Bertz CT molecular complexity index is 470. The second-order valence-electron chi connectivity index (χ2n) is 4.20. The largest absolute Gasteiger partial charge is 0.507 e. The van der Waals surface area contributed by atoms with E-state index in [9.17, 15) is 14.7 Å². The number of likely N-dealkylation sites (N-methyl/N-ethyl adjacent to an activating group) is 1. The molecule has 0 aliphatic heterocycles. The van der Waals surface area contributed by atoms with Gasteiger partial charge in [-0.2, -0.15) is 0 Å². The number of carbonyl (C=O) groups excluding carboxylic acids is 1. The summed E-state index contributed by atoms with van der Waals surface area (Å²) < 4.78 is 0. The number of phenols is 1. The summed E-state index contributed by atoms with van der Waals surface area (Å²) in [5.74, 6) is -1.69. The van der Waals surface area contributed by atoms with Crippen LogP contribution in [0, 0.1) is 6.92 Å². The third-order valence-corrected chi connectivity index (χ3v) is 2.84. The normalized spacial score (nSPS) is 11.9. The summed E-state index contributed by atoms with van der Waals surface area (Å²) in [5, 5.41) is 18.7. The third kappa shape index (κ3) is 2.80. The van der Waals surface area contributed by atoms with Crippen LogP contribution in [0.3, 0.4) is 0 Å². The number of aliphatic carboxylic acids is 1. The molecule has 0 heterocycles. The van der Waals surface area contributed by atoms with Gasteiger partial charge in [-0.15, -0.1) is 0 Å². The smallest absolute Gasteiger partial charge is 0.326 e. The third-order valence-electron chi connectivity index (χ3n) is 2.84. The van der Waals surface area contributed by atoms with Crippen molar-refractivity contribution in [3.05, 3.63) is 29.3 Å². The molecule has 0 spiro atoms. The fourth-order valence-corrected chi connectivity index (χ4v) is 1.77. The Morgan fingerprint density at radius 3 is 2.44 bits per heavy atom. The molecule has 2 N–H and O–H groups in total. The zero-order chi connectivity index (χ0) is 13.9. The molecular weight excluding hydrogens is 234 g/mol. The van der Waals surface area contributed by atoms with E-state index in [1.165, 1.54) is 19.2 Å². The molecule has 1 rings (SSSR count). The quantitative estimate of drug-likeness (QED) is 0.852. The van der Waals surface area contributed by atoms with E-state index in [-0.39, 0.29) is 11.3 Å². The minimum Gasteiger partial charge on any atom is -0.507 e. The first-order valence-corrected chi connectivity index (χ1v) is 5.68. The van der Waals surface area contributed by atoms with E-state index in [1.807, 2.05) is 0 Å². The summed E-state index contributed by atoms with van der Waals surface area (Å²) in [5.41, 5.74) is 0.944. The lowest BCUT2D eigenvalue weighted by atomic mass is 10.1. The van der Waals surface area contributed by atoms with Gasteiger partial charge in [-0.25, -0.2) is 4.79 Å². The Kier molecular flexibility index (Phi) is 4.31. The number of benzene rings is 1. The van der Waals surface area contributed by atoms with Gasteiger partial charge in [0.05, 0.1) is 5.56 Å². The molecule has 0 fully saturated rings. The highest BCUT2D eigenvalue weighted by molar-refractivity contribution is 5.98. The van der Waals surface area contributed by atoms with Crippen LogP contribution < -0.4 is 0 Å². The second-order valence-corrected chi connectivity index (χ2v) is 4.20. The van der Waals surface area contributed by atoms with Crippen molar-refractivity contribution in [1.82, 2.24) is 4.90 Å². The maximum atomic E-state index is 12.1. The average molecular weight is 251 g/mol. The standard InChI is InChI=1S/C13H17NO4/c1-4-10(13(17)18)14(3)12(16)9-6-5-8(2)7-11(9)15/h5-7,10,15H,4H2,1-3H3,(H,17,18). The Hall–Kier alpha value is -2.04. The first-order chi connectivity index (χ1) is 8.38. The molecule has 0 aliphatic rings. The van der Waals surface area contributed by atoms with E-state index in [0.29, 0.717) is 6.42 Å². The molecule has 1 aromatic rings. The lowest BCUT2D eigenvalue weighted by molar-refractivity contribution is -0.142. The minimum atomic E-state index is -1.06. The van der Waals surface area contributed by atoms with Crippen LogP contribution in [-0.4, -0.2) is 40.1 Å². The Labute approximate surface area is 106 Å². The molecule has 0 aliphatic carbocycles. The number of aromatic hydroxyl groups is 1. The van der Waals surface area contributed by atoms with E-state index in [2.05, 4.69) is 0 Å². The van der Waals surface area contributed by atoms with Crippen LogP contribution in [-0.2, 0) is 4.79 Å². The number of rotatable bonds is 4. The monoisotopic (exact) mass is 251 g/mol. The predicted molar refractivity (Wildman–Crippen MR) is 66.7 cm³/mol. The van der Waals surface area contributed by atoms with E-state index >= 15 is 0 Å². The molecule has 0 radical (unpaired) electrons. The highest BCUT2D eigenvalue weighted by atomic mass is 16.4. The van der Waals surface area contributed by atoms with Crippen LogP contribution in [0.1, 0.15) is 29.3 Å². The van der Waals surface area contributed by atoms with Crippen molar-refractivity contribution in [1.29, 1.82) is 0 Å². The van der Waals surface area contributed by atoms with Gasteiger partial charge in [0.2, 0.25) is 0 Å². The molecule has 1 atom stereocenters. The molecule has 1 amide bonds. The number of carboxylic acid groups (broad SMARTS) is 1. The van der Waals surface area contributed by atoms with Crippen molar-refractivity contribution in [2.24, 2.45) is 0 Å². The van der Waals surface area contributed by atoms with Crippen LogP contribution in [0.25, 0.3) is 0 Å². The molecule has 0 saturated heterocycles. The van der Waals surface area contributed by atoms with Crippen LogP contribution in [0.4, 0.5) is 0 Å². The summed E-state index contributed by atoms with van der Waals surface area (Å²) in [6.45, 7) is 3.49. The molecule has 98 valence electrons. The number of nitrogens with zero attached hydrogens (tertiary/aromatic N) is 1. The van der Waals surface area contributed by atoms with Crippen LogP contribution in [0.5, 0.6) is 5.75 Å². The number of amides is 1. The molecule has 0 aromatic heterocycles. The Morgan fingerprint density at radius 2 is 2.00 bits per heavy atom. The first kappa shape index (κ1) is 14.0. The summed E-state index contributed by atoms with van der Waals surface area (Å²) in [6.07, 6.45) is 0.310. The van der Waals surface area contributed by atoms with Gasteiger partial charge in [0.25, 0.3) is 5.91 Å². The van der Waals surface area contributed by atoms with Crippen molar-refractivity contribution < 1.29 is 19.8 Å². The van der Waals surface area contributed by atoms with Crippen molar-refractivity contribution in [2.45, 2.75) is 26.3 Å². The fraction of sp³-hybridized carbons (Fsp3) is 0.385. The average Bonchev–Trinajstić information content (AvgIpc) is 2.28. The van der Waals surface area contributed by atoms with Gasteiger partial charge < -0.3 is 15.1 Å². The number of carbonyl (C=O) groups is 2. The molecular formula is C13H17NO4. The molecule has 18 heavy (non-hydrogen) atoms. The summed E-state index contributed by atoms with van der Waals surface area (Å²) >= 11 is 0. The summed E-state index contributed by atoms with van der Waals surface area (Å²) in [7, 11) is 1.42. The molecule has 1 aromatic carbocycles. The SMILES string of the molecule is CCC(C(=O)O)N(C)C(=O)c1ccc(C)cc1O. The second kappa shape index (κ2) is 5.53. The predicted octanol–water partition coefficient (Wildman–Crippen LogP) is 1.64. The number of aryl methyl sites for hydroxylation is 1. The van der Waals surface area contributed by atoms with E-state index in [4.69, 9.17) is 5.11 Å². The number of phenolic OH excluding ortho intramolecular Hbond substituents is 1.